The minimum absolute atomic E-state index is 0.360. The van der Waals surface area contributed by atoms with E-state index in [0.29, 0.717) is 16.4 Å². The van der Waals surface area contributed by atoms with Gasteiger partial charge in [0.1, 0.15) is 5.52 Å². The van der Waals surface area contributed by atoms with E-state index in [1.54, 1.807) is 40.9 Å². The maximum absolute atomic E-state index is 11.6. The van der Waals surface area contributed by atoms with Crippen LogP contribution in [-0.2, 0) is 0 Å². The molecule has 3 rings (SSSR count). The van der Waals surface area contributed by atoms with Gasteiger partial charge in [-0.15, -0.1) is 0 Å². The molecule has 2 heterocycles. The van der Waals surface area contributed by atoms with Crippen molar-refractivity contribution in [1.29, 1.82) is 0 Å². The van der Waals surface area contributed by atoms with Crippen LogP contribution in [0, 0.1) is 0 Å². The molecule has 0 saturated heterocycles. The van der Waals surface area contributed by atoms with Gasteiger partial charge in [-0.1, -0.05) is 12.1 Å². The highest BCUT2D eigenvalue weighted by Gasteiger charge is 2.05. The van der Waals surface area contributed by atoms with Crippen LogP contribution in [0.3, 0.4) is 0 Å². The number of benzene rings is 1. The van der Waals surface area contributed by atoms with Crippen molar-refractivity contribution in [3.05, 3.63) is 63.4 Å². The second kappa shape index (κ2) is 3.06. The zero-order valence-corrected chi connectivity index (χ0v) is 8.21. The van der Waals surface area contributed by atoms with Gasteiger partial charge in [0, 0.05) is 6.20 Å². The number of fused-ring (bicyclic) bond motifs is 3. The lowest BCUT2D eigenvalue weighted by Gasteiger charge is -1.92. The van der Waals surface area contributed by atoms with Crippen LogP contribution in [0.25, 0.3) is 16.4 Å². The minimum Gasteiger partial charge on any atom is -0.385 e. The number of para-hydroxylation sites is 1. The molecule has 3 aromatic rings. The molecule has 0 N–H and O–H groups in total. The third-order valence-corrected chi connectivity index (χ3v) is 2.53. The lowest BCUT2D eigenvalue weighted by atomic mass is 10.2. The van der Waals surface area contributed by atoms with Crippen LogP contribution < -0.4 is 11.3 Å². The van der Waals surface area contributed by atoms with Gasteiger partial charge in [0.05, 0.1) is 10.9 Å². The van der Waals surface area contributed by atoms with E-state index >= 15 is 0 Å². The third kappa shape index (κ3) is 1.10. The summed E-state index contributed by atoms with van der Waals surface area (Å²) in [6, 6.07) is 10.3. The molecule has 0 aliphatic rings. The number of hydrogen-bond donors (Lipinski definition) is 0. The largest absolute Gasteiger partial charge is 0.385 e. The predicted molar refractivity (Wildman–Crippen MR) is 59.7 cm³/mol. The molecule has 78 valence electrons. The molecule has 16 heavy (non-hydrogen) atoms. The van der Waals surface area contributed by atoms with Gasteiger partial charge in [0.15, 0.2) is 0 Å². The Bertz CT molecular complexity index is 798. The Balaban J connectivity index is 2.84. The van der Waals surface area contributed by atoms with Crippen molar-refractivity contribution in [3.63, 3.8) is 0 Å². The number of nitrogens with zero attached hydrogens (tertiary/aromatic N) is 1. The molecule has 1 aromatic carbocycles. The van der Waals surface area contributed by atoms with Gasteiger partial charge in [-0.05, 0) is 24.3 Å². The fourth-order valence-corrected chi connectivity index (χ4v) is 1.81. The molecule has 0 saturated carbocycles. The second-order valence-electron chi connectivity index (χ2n) is 3.46. The lowest BCUT2D eigenvalue weighted by molar-refractivity contribution is 0.490. The average molecular weight is 213 g/mol. The number of aromatic nitrogens is 1. The van der Waals surface area contributed by atoms with Crippen molar-refractivity contribution in [1.82, 2.24) is 4.40 Å². The Kier molecular flexibility index (Phi) is 1.71. The van der Waals surface area contributed by atoms with E-state index < -0.39 is 11.3 Å². The topological polar surface area (TPSA) is 51.7 Å². The van der Waals surface area contributed by atoms with Gasteiger partial charge >= 0.3 is 11.3 Å². The zero-order valence-electron chi connectivity index (χ0n) is 8.21. The van der Waals surface area contributed by atoms with Crippen LogP contribution >= 0.6 is 0 Å². The van der Waals surface area contributed by atoms with Crippen LogP contribution in [0.1, 0.15) is 0 Å². The van der Waals surface area contributed by atoms with Gasteiger partial charge in [-0.2, -0.15) is 0 Å². The van der Waals surface area contributed by atoms with Crippen LogP contribution in [0.5, 0.6) is 0 Å². The normalized spacial score (nSPS) is 11.0. The van der Waals surface area contributed by atoms with E-state index in [9.17, 15) is 9.59 Å². The Labute approximate surface area is 89.4 Å². The zero-order chi connectivity index (χ0) is 11.1. The van der Waals surface area contributed by atoms with Crippen LogP contribution in [0.15, 0.2) is 56.6 Å². The summed E-state index contributed by atoms with van der Waals surface area (Å²) in [5.41, 5.74) is -0.202. The molecule has 4 nitrogen and oxygen atoms in total. The molecule has 0 radical (unpaired) electrons. The van der Waals surface area contributed by atoms with Crippen molar-refractivity contribution >= 4 is 16.4 Å². The van der Waals surface area contributed by atoms with Gasteiger partial charge in [-0.25, -0.2) is 9.59 Å². The first-order valence-corrected chi connectivity index (χ1v) is 4.80. The summed E-state index contributed by atoms with van der Waals surface area (Å²) >= 11 is 0. The standard InChI is InChI=1S/C12H7NO3/c14-11-8-4-1-2-5-9(8)13-7-3-6-10(13)12(15)16-11/h1-7H. The Morgan fingerprint density at radius 2 is 1.62 bits per heavy atom. The van der Waals surface area contributed by atoms with E-state index in [2.05, 4.69) is 0 Å². The van der Waals surface area contributed by atoms with Crippen molar-refractivity contribution < 1.29 is 4.42 Å². The molecule has 4 heteroatoms. The van der Waals surface area contributed by atoms with Gasteiger partial charge in [-0.3, -0.25) is 0 Å². The summed E-state index contributed by atoms with van der Waals surface area (Å²) in [5, 5.41) is 0.394. The summed E-state index contributed by atoms with van der Waals surface area (Å²) in [4.78, 5) is 23.2. The van der Waals surface area contributed by atoms with Crippen molar-refractivity contribution in [2.75, 3.05) is 0 Å². The molecular weight excluding hydrogens is 206 g/mol. The van der Waals surface area contributed by atoms with E-state index in [1.807, 2.05) is 6.07 Å². The maximum atomic E-state index is 11.6. The molecule has 0 atom stereocenters. The Morgan fingerprint density at radius 1 is 0.875 bits per heavy atom. The first-order chi connectivity index (χ1) is 7.77. The maximum Gasteiger partial charge on any atom is 0.363 e. The summed E-state index contributed by atoms with van der Waals surface area (Å²) in [6.45, 7) is 0. The molecule has 0 unspecified atom stereocenters. The number of rotatable bonds is 0. The highest BCUT2D eigenvalue weighted by molar-refractivity contribution is 5.79. The highest BCUT2D eigenvalue weighted by atomic mass is 16.4. The number of hydrogen-bond acceptors (Lipinski definition) is 3. The van der Waals surface area contributed by atoms with Crippen molar-refractivity contribution in [2.24, 2.45) is 0 Å². The van der Waals surface area contributed by atoms with Gasteiger partial charge in [0.2, 0.25) is 0 Å². The summed E-state index contributed by atoms with van der Waals surface area (Å²) < 4.78 is 6.38. The molecule has 0 bridgehead atoms. The molecule has 0 amide bonds. The van der Waals surface area contributed by atoms with Crippen LogP contribution in [-0.4, -0.2) is 4.40 Å². The van der Waals surface area contributed by atoms with Crippen LogP contribution in [0.2, 0.25) is 0 Å². The molecule has 0 fully saturated rings. The molecule has 0 aliphatic heterocycles. The quantitative estimate of drug-likeness (QED) is 0.567. The molecule has 0 aliphatic carbocycles. The Hall–Kier alpha value is -2.36. The Morgan fingerprint density at radius 3 is 2.50 bits per heavy atom. The van der Waals surface area contributed by atoms with Crippen molar-refractivity contribution in [3.8, 4) is 0 Å². The highest BCUT2D eigenvalue weighted by Crippen LogP contribution is 2.10. The summed E-state index contributed by atoms with van der Waals surface area (Å²) in [7, 11) is 0. The third-order valence-electron chi connectivity index (χ3n) is 2.53. The monoisotopic (exact) mass is 213 g/mol. The second-order valence-corrected chi connectivity index (χ2v) is 3.46. The smallest absolute Gasteiger partial charge is 0.363 e. The van der Waals surface area contributed by atoms with E-state index in [-0.39, 0.29) is 0 Å². The van der Waals surface area contributed by atoms with Gasteiger partial charge in [0.25, 0.3) is 0 Å². The lowest BCUT2D eigenvalue weighted by Crippen LogP contribution is -2.04. The predicted octanol–water partition coefficient (Wildman–Crippen LogP) is 1.41. The fourth-order valence-electron chi connectivity index (χ4n) is 1.81. The van der Waals surface area contributed by atoms with E-state index in [4.69, 9.17) is 4.42 Å². The first-order valence-electron chi connectivity index (χ1n) is 4.80. The van der Waals surface area contributed by atoms with Gasteiger partial charge < -0.3 is 8.82 Å². The molecule has 0 spiro atoms. The minimum atomic E-state index is -0.619. The molecule has 2 aromatic heterocycles. The molecular formula is C12H7NO3. The summed E-state index contributed by atoms with van der Waals surface area (Å²) in [5.74, 6) is 0. The fraction of sp³-hybridized carbons (Fsp3) is 0. The van der Waals surface area contributed by atoms with E-state index in [0.717, 1.165) is 0 Å². The van der Waals surface area contributed by atoms with Crippen molar-refractivity contribution in [2.45, 2.75) is 0 Å². The van der Waals surface area contributed by atoms with E-state index in [1.165, 1.54) is 0 Å². The first kappa shape index (κ1) is 8.91. The average Bonchev–Trinajstić information content (AvgIpc) is 2.74. The van der Waals surface area contributed by atoms with Crippen LogP contribution in [0.4, 0.5) is 0 Å². The SMILES string of the molecule is O=c1oc(=O)c2cccn2c2ccccc12. The summed E-state index contributed by atoms with van der Waals surface area (Å²) in [6.07, 6.45) is 1.73.